The molecule has 3 rings (SSSR count). The minimum absolute atomic E-state index is 0.464. The molecule has 2 heterocycles. The van der Waals surface area contributed by atoms with Crippen LogP contribution in [0.5, 0.6) is 0 Å². The van der Waals surface area contributed by atoms with E-state index in [2.05, 4.69) is 43.4 Å². The molecule has 0 aromatic heterocycles. The van der Waals surface area contributed by atoms with Crippen molar-refractivity contribution < 1.29 is 4.74 Å². The molecule has 0 radical (unpaired) electrons. The molecule has 1 aromatic rings. The van der Waals surface area contributed by atoms with Crippen molar-refractivity contribution in [3.05, 3.63) is 35.4 Å². The van der Waals surface area contributed by atoms with Crippen LogP contribution in [0, 0.1) is 5.92 Å². The highest BCUT2D eigenvalue weighted by atomic mass is 16.5. The number of hydrogen-bond acceptors (Lipinski definition) is 2. The molecule has 0 amide bonds. The molecule has 2 saturated heterocycles. The van der Waals surface area contributed by atoms with E-state index >= 15 is 0 Å². The van der Waals surface area contributed by atoms with Crippen molar-refractivity contribution in [3.63, 3.8) is 0 Å². The highest BCUT2D eigenvalue weighted by Gasteiger charge is 2.44. The average Bonchev–Trinajstić information content (AvgIpc) is 3.09. The predicted octanol–water partition coefficient (Wildman–Crippen LogP) is 3.86. The van der Waals surface area contributed by atoms with Crippen LogP contribution in [0.15, 0.2) is 24.3 Å². The van der Waals surface area contributed by atoms with Gasteiger partial charge >= 0.3 is 0 Å². The number of hydrogen-bond donors (Lipinski definition) is 1. The summed E-state index contributed by atoms with van der Waals surface area (Å²) in [5, 5.41) is 3.70. The van der Waals surface area contributed by atoms with Crippen LogP contribution in [-0.4, -0.2) is 18.8 Å². The van der Waals surface area contributed by atoms with Crippen LogP contribution in [0.2, 0.25) is 0 Å². The van der Waals surface area contributed by atoms with Crippen LogP contribution in [0.25, 0.3) is 0 Å². The Morgan fingerprint density at radius 3 is 2.55 bits per heavy atom. The summed E-state index contributed by atoms with van der Waals surface area (Å²) in [4.78, 5) is 0. The Morgan fingerprint density at radius 2 is 2.00 bits per heavy atom. The van der Waals surface area contributed by atoms with Crippen LogP contribution in [0.3, 0.4) is 0 Å². The Kier molecular flexibility index (Phi) is 4.42. The molecule has 2 aliphatic rings. The molecule has 20 heavy (non-hydrogen) atoms. The Bertz CT molecular complexity index is 428. The van der Waals surface area contributed by atoms with E-state index in [1.807, 2.05) is 0 Å². The van der Waals surface area contributed by atoms with Gasteiger partial charge in [0.25, 0.3) is 0 Å². The van der Waals surface area contributed by atoms with Gasteiger partial charge in [-0.3, -0.25) is 0 Å². The third-order valence-corrected chi connectivity index (χ3v) is 4.88. The van der Waals surface area contributed by atoms with Gasteiger partial charge in [0.1, 0.15) is 0 Å². The first-order valence-corrected chi connectivity index (χ1v) is 8.29. The lowest BCUT2D eigenvalue weighted by molar-refractivity contribution is 0.0858. The van der Waals surface area contributed by atoms with Gasteiger partial charge in [-0.2, -0.15) is 0 Å². The van der Waals surface area contributed by atoms with Gasteiger partial charge in [-0.05, 0) is 43.4 Å². The highest BCUT2D eigenvalue weighted by Crippen LogP contribution is 2.44. The second kappa shape index (κ2) is 6.28. The zero-order chi connectivity index (χ0) is 13.9. The minimum atomic E-state index is 0.464. The molecule has 110 valence electrons. The molecular formula is C18H27NO. The Labute approximate surface area is 122 Å². The van der Waals surface area contributed by atoms with Crippen molar-refractivity contribution in [2.24, 2.45) is 5.92 Å². The van der Waals surface area contributed by atoms with Crippen molar-refractivity contribution >= 4 is 0 Å². The van der Waals surface area contributed by atoms with Crippen LogP contribution in [0.4, 0.5) is 0 Å². The Morgan fingerprint density at radius 1 is 1.20 bits per heavy atom. The number of benzene rings is 1. The zero-order valence-corrected chi connectivity index (χ0v) is 12.8. The summed E-state index contributed by atoms with van der Waals surface area (Å²) >= 11 is 0. The van der Waals surface area contributed by atoms with Crippen molar-refractivity contribution in [1.82, 2.24) is 5.32 Å². The molecule has 0 aliphatic carbocycles. The SMILES string of the molecule is CCCc1ccc(C(NCC)C2CC3CCC2O3)cc1. The van der Waals surface area contributed by atoms with Gasteiger partial charge in [-0.1, -0.05) is 44.5 Å². The second-order valence-corrected chi connectivity index (χ2v) is 6.30. The predicted molar refractivity (Wildman–Crippen MR) is 82.9 cm³/mol. The van der Waals surface area contributed by atoms with Gasteiger partial charge in [-0.25, -0.2) is 0 Å². The molecule has 2 bridgehead atoms. The molecular weight excluding hydrogens is 246 g/mol. The summed E-state index contributed by atoms with van der Waals surface area (Å²) < 4.78 is 6.06. The maximum Gasteiger partial charge on any atom is 0.0627 e. The lowest BCUT2D eigenvalue weighted by Gasteiger charge is -2.29. The van der Waals surface area contributed by atoms with Crippen LogP contribution in [-0.2, 0) is 11.2 Å². The molecule has 4 atom stereocenters. The van der Waals surface area contributed by atoms with Gasteiger partial charge in [0, 0.05) is 12.0 Å². The van der Waals surface area contributed by atoms with E-state index in [4.69, 9.17) is 4.74 Å². The summed E-state index contributed by atoms with van der Waals surface area (Å²) in [7, 11) is 0. The molecule has 1 aromatic carbocycles. The smallest absolute Gasteiger partial charge is 0.0627 e. The molecule has 0 saturated carbocycles. The second-order valence-electron chi connectivity index (χ2n) is 6.30. The number of ether oxygens (including phenoxy) is 1. The number of fused-ring (bicyclic) bond motifs is 2. The molecule has 1 N–H and O–H groups in total. The molecule has 2 heteroatoms. The van der Waals surface area contributed by atoms with E-state index in [1.165, 1.54) is 43.2 Å². The molecule has 4 unspecified atom stereocenters. The third kappa shape index (κ3) is 2.77. The van der Waals surface area contributed by atoms with Crippen molar-refractivity contribution in [2.45, 2.75) is 64.2 Å². The highest BCUT2D eigenvalue weighted by molar-refractivity contribution is 5.26. The summed E-state index contributed by atoms with van der Waals surface area (Å²) in [5.41, 5.74) is 2.89. The normalized spacial score (nSPS) is 29.8. The van der Waals surface area contributed by atoms with E-state index in [0.717, 1.165) is 6.54 Å². The maximum atomic E-state index is 6.06. The fourth-order valence-corrected chi connectivity index (χ4v) is 3.94. The Balaban J connectivity index is 1.76. The summed E-state index contributed by atoms with van der Waals surface area (Å²) in [6, 6.07) is 9.72. The van der Waals surface area contributed by atoms with E-state index in [-0.39, 0.29) is 0 Å². The quantitative estimate of drug-likeness (QED) is 0.850. The van der Waals surface area contributed by atoms with Gasteiger partial charge in [0.15, 0.2) is 0 Å². The van der Waals surface area contributed by atoms with E-state index in [9.17, 15) is 0 Å². The number of aryl methyl sites for hydroxylation is 1. The fourth-order valence-electron chi connectivity index (χ4n) is 3.94. The minimum Gasteiger partial charge on any atom is -0.375 e. The van der Waals surface area contributed by atoms with Crippen molar-refractivity contribution in [1.29, 1.82) is 0 Å². The molecule has 2 aliphatic heterocycles. The third-order valence-electron chi connectivity index (χ3n) is 4.88. The van der Waals surface area contributed by atoms with Gasteiger partial charge in [0.05, 0.1) is 12.2 Å². The first kappa shape index (κ1) is 14.1. The summed E-state index contributed by atoms with van der Waals surface area (Å²) in [6.07, 6.45) is 7.18. The van der Waals surface area contributed by atoms with Gasteiger partial charge in [0.2, 0.25) is 0 Å². The van der Waals surface area contributed by atoms with Crippen LogP contribution in [0.1, 0.15) is 56.7 Å². The zero-order valence-electron chi connectivity index (χ0n) is 12.8. The van der Waals surface area contributed by atoms with Crippen molar-refractivity contribution in [2.75, 3.05) is 6.54 Å². The molecule has 2 nitrogen and oxygen atoms in total. The number of rotatable bonds is 6. The summed E-state index contributed by atoms with van der Waals surface area (Å²) in [6.45, 7) is 5.46. The summed E-state index contributed by atoms with van der Waals surface area (Å²) in [5.74, 6) is 0.658. The van der Waals surface area contributed by atoms with E-state index in [1.54, 1.807) is 0 Å². The average molecular weight is 273 g/mol. The number of nitrogens with one attached hydrogen (secondary N) is 1. The van der Waals surface area contributed by atoms with Crippen LogP contribution >= 0.6 is 0 Å². The Hall–Kier alpha value is -0.860. The first-order valence-electron chi connectivity index (χ1n) is 8.29. The van der Waals surface area contributed by atoms with Crippen molar-refractivity contribution in [3.8, 4) is 0 Å². The van der Waals surface area contributed by atoms with Gasteiger partial charge in [-0.15, -0.1) is 0 Å². The lowest BCUT2D eigenvalue weighted by atomic mass is 9.81. The van der Waals surface area contributed by atoms with E-state index < -0.39 is 0 Å². The molecule has 2 fully saturated rings. The monoisotopic (exact) mass is 273 g/mol. The topological polar surface area (TPSA) is 21.3 Å². The van der Waals surface area contributed by atoms with Gasteiger partial charge < -0.3 is 10.1 Å². The largest absolute Gasteiger partial charge is 0.375 e. The van der Waals surface area contributed by atoms with E-state index in [0.29, 0.717) is 24.2 Å². The maximum absolute atomic E-state index is 6.06. The standard InChI is InChI=1S/C18H27NO/c1-3-5-13-6-8-14(9-7-13)18(19-4-2)16-12-15-10-11-17(16)20-15/h6-9,15-19H,3-5,10-12H2,1-2H3. The van der Waals surface area contributed by atoms with Crippen LogP contribution < -0.4 is 5.32 Å². The molecule has 0 spiro atoms. The fraction of sp³-hybridized carbons (Fsp3) is 0.667. The lowest BCUT2D eigenvalue weighted by Crippen LogP contribution is -2.33. The first-order chi connectivity index (χ1) is 9.81.